The minimum atomic E-state index is -0.0492. The van der Waals surface area contributed by atoms with Crippen LogP contribution in [0.1, 0.15) is 19.8 Å². The zero-order chi connectivity index (χ0) is 14.5. The number of nitrogens with one attached hydrogen (secondary N) is 2. The fourth-order valence-corrected chi connectivity index (χ4v) is 2.96. The lowest BCUT2D eigenvalue weighted by molar-refractivity contribution is -0.137. The molecule has 0 aromatic carbocycles. The largest absolute Gasteiger partial charge is 0.379 e. The van der Waals surface area contributed by atoms with E-state index in [2.05, 4.69) is 10.6 Å². The molecule has 2 heterocycles. The van der Waals surface area contributed by atoms with Crippen LogP contribution in [0.15, 0.2) is 0 Å². The Bertz CT molecular complexity index is 354. The molecule has 20 heavy (non-hydrogen) atoms. The molecule has 0 saturated carbocycles. The highest BCUT2D eigenvalue weighted by Gasteiger charge is 2.36. The van der Waals surface area contributed by atoms with Crippen molar-refractivity contribution >= 4 is 11.8 Å². The van der Waals surface area contributed by atoms with Crippen molar-refractivity contribution in [2.24, 2.45) is 11.8 Å². The first kappa shape index (κ1) is 15.3. The average Bonchev–Trinajstić information content (AvgIpc) is 2.93. The maximum Gasteiger partial charge on any atom is 0.229 e. The molecule has 6 heteroatoms. The average molecular weight is 283 g/mol. The molecule has 0 aromatic heterocycles. The van der Waals surface area contributed by atoms with Gasteiger partial charge in [-0.1, -0.05) is 0 Å². The summed E-state index contributed by atoms with van der Waals surface area (Å²) >= 11 is 0. The molecule has 0 aromatic rings. The molecule has 2 fully saturated rings. The summed E-state index contributed by atoms with van der Waals surface area (Å²) in [6.07, 6.45) is 1.92. The van der Waals surface area contributed by atoms with Crippen LogP contribution < -0.4 is 10.6 Å². The highest BCUT2D eigenvalue weighted by Crippen LogP contribution is 2.22. The van der Waals surface area contributed by atoms with Crippen LogP contribution in [-0.4, -0.2) is 62.7 Å². The van der Waals surface area contributed by atoms with Crippen LogP contribution >= 0.6 is 0 Å². The highest BCUT2D eigenvalue weighted by atomic mass is 16.5. The van der Waals surface area contributed by atoms with E-state index in [1.807, 2.05) is 11.9 Å². The summed E-state index contributed by atoms with van der Waals surface area (Å²) in [5.41, 5.74) is 0. The van der Waals surface area contributed by atoms with Crippen molar-refractivity contribution in [1.29, 1.82) is 0 Å². The number of hydrogen-bond acceptors (Lipinski definition) is 4. The summed E-state index contributed by atoms with van der Waals surface area (Å²) < 4.78 is 5.40. The Morgan fingerprint density at radius 1 is 1.25 bits per heavy atom. The molecule has 2 rings (SSSR count). The number of likely N-dealkylation sites (N-methyl/N-ethyl adjacent to an activating group) is 1. The SMILES string of the molecule is CNC1COCC1C(=O)N1CCC(CNC(C)=O)CC1. The van der Waals surface area contributed by atoms with Crippen molar-refractivity contribution in [3.05, 3.63) is 0 Å². The fourth-order valence-electron chi connectivity index (χ4n) is 2.96. The van der Waals surface area contributed by atoms with E-state index in [9.17, 15) is 9.59 Å². The third kappa shape index (κ3) is 3.70. The van der Waals surface area contributed by atoms with Gasteiger partial charge in [-0.15, -0.1) is 0 Å². The summed E-state index contributed by atoms with van der Waals surface area (Å²) in [5, 5.41) is 6.01. The van der Waals surface area contributed by atoms with Crippen LogP contribution in [0.2, 0.25) is 0 Å². The smallest absolute Gasteiger partial charge is 0.229 e. The van der Waals surface area contributed by atoms with Crippen molar-refractivity contribution < 1.29 is 14.3 Å². The highest BCUT2D eigenvalue weighted by molar-refractivity contribution is 5.80. The molecule has 2 aliphatic rings. The minimum Gasteiger partial charge on any atom is -0.379 e. The van der Waals surface area contributed by atoms with Crippen LogP contribution in [0.4, 0.5) is 0 Å². The van der Waals surface area contributed by atoms with Gasteiger partial charge in [0.2, 0.25) is 11.8 Å². The van der Waals surface area contributed by atoms with E-state index in [-0.39, 0.29) is 23.8 Å². The number of carbonyl (C=O) groups excluding carboxylic acids is 2. The number of carbonyl (C=O) groups is 2. The molecular formula is C14H25N3O3. The normalized spacial score (nSPS) is 27.6. The van der Waals surface area contributed by atoms with Gasteiger partial charge in [0.1, 0.15) is 0 Å². The fraction of sp³-hybridized carbons (Fsp3) is 0.857. The van der Waals surface area contributed by atoms with E-state index in [0.717, 1.165) is 32.5 Å². The maximum absolute atomic E-state index is 12.5. The van der Waals surface area contributed by atoms with Gasteiger partial charge in [0.15, 0.2) is 0 Å². The summed E-state index contributed by atoms with van der Waals surface area (Å²) in [5.74, 6) is 0.665. The molecule has 2 saturated heterocycles. The van der Waals surface area contributed by atoms with Crippen molar-refractivity contribution in [2.45, 2.75) is 25.8 Å². The van der Waals surface area contributed by atoms with E-state index in [1.54, 1.807) is 0 Å². The molecule has 0 aliphatic carbocycles. The van der Waals surface area contributed by atoms with Crippen molar-refractivity contribution in [1.82, 2.24) is 15.5 Å². The first-order chi connectivity index (χ1) is 9.61. The van der Waals surface area contributed by atoms with E-state index in [1.165, 1.54) is 6.92 Å². The Labute approximate surface area is 120 Å². The first-order valence-corrected chi connectivity index (χ1v) is 7.40. The lowest BCUT2D eigenvalue weighted by atomic mass is 9.94. The maximum atomic E-state index is 12.5. The summed E-state index contributed by atoms with van der Waals surface area (Å²) in [7, 11) is 1.87. The number of ether oxygens (including phenoxy) is 1. The topological polar surface area (TPSA) is 70.7 Å². The summed E-state index contributed by atoms with van der Waals surface area (Å²) in [6.45, 7) is 4.98. The van der Waals surface area contributed by atoms with Gasteiger partial charge < -0.3 is 20.3 Å². The Morgan fingerprint density at radius 3 is 2.55 bits per heavy atom. The van der Waals surface area contributed by atoms with Gasteiger partial charge in [0, 0.05) is 32.6 Å². The molecule has 6 nitrogen and oxygen atoms in total. The third-order valence-corrected chi connectivity index (χ3v) is 4.33. The van der Waals surface area contributed by atoms with Crippen molar-refractivity contribution in [3.63, 3.8) is 0 Å². The predicted molar refractivity (Wildman–Crippen MR) is 75.1 cm³/mol. The predicted octanol–water partition coefficient (Wildman–Crippen LogP) is -0.404. The molecule has 2 N–H and O–H groups in total. The zero-order valence-electron chi connectivity index (χ0n) is 12.4. The summed E-state index contributed by atoms with van der Waals surface area (Å²) in [4.78, 5) is 25.3. The lowest BCUT2D eigenvalue weighted by Gasteiger charge is -2.34. The Kier molecular flexibility index (Phi) is 5.37. The molecule has 0 bridgehead atoms. The Hall–Kier alpha value is -1.14. The molecule has 114 valence electrons. The van der Waals surface area contributed by atoms with Crippen LogP contribution in [0.25, 0.3) is 0 Å². The number of rotatable bonds is 4. The molecule has 2 unspecified atom stereocenters. The Morgan fingerprint density at radius 2 is 1.95 bits per heavy atom. The Balaban J connectivity index is 1.78. The number of piperidine rings is 1. The van der Waals surface area contributed by atoms with Gasteiger partial charge in [-0.3, -0.25) is 9.59 Å². The lowest BCUT2D eigenvalue weighted by Crippen LogP contribution is -2.48. The third-order valence-electron chi connectivity index (χ3n) is 4.33. The van der Waals surface area contributed by atoms with Gasteiger partial charge in [0.05, 0.1) is 19.1 Å². The minimum absolute atomic E-state index is 0.0171. The van der Waals surface area contributed by atoms with E-state index < -0.39 is 0 Å². The van der Waals surface area contributed by atoms with Gasteiger partial charge in [-0.25, -0.2) is 0 Å². The number of hydrogen-bond donors (Lipinski definition) is 2. The second-order valence-corrected chi connectivity index (χ2v) is 5.74. The molecule has 2 amide bonds. The van der Waals surface area contributed by atoms with Crippen LogP contribution in [-0.2, 0) is 14.3 Å². The van der Waals surface area contributed by atoms with Crippen LogP contribution in [0, 0.1) is 11.8 Å². The first-order valence-electron chi connectivity index (χ1n) is 7.40. The molecule has 2 aliphatic heterocycles. The van der Waals surface area contributed by atoms with Crippen molar-refractivity contribution in [3.8, 4) is 0 Å². The quantitative estimate of drug-likeness (QED) is 0.736. The summed E-state index contributed by atoms with van der Waals surface area (Å²) in [6, 6.07) is 0.139. The van der Waals surface area contributed by atoms with Gasteiger partial charge in [0.25, 0.3) is 0 Å². The van der Waals surface area contributed by atoms with E-state index >= 15 is 0 Å². The van der Waals surface area contributed by atoms with Crippen molar-refractivity contribution in [2.75, 3.05) is 39.9 Å². The standard InChI is InChI=1S/C14H25N3O3/c1-10(18)16-7-11-3-5-17(6-4-11)14(19)12-8-20-9-13(12)15-2/h11-13,15H,3-9H2,1-2H3,(H,16,18). The number of likely N-dealkylation sites (tertiary alicyclic amines) is 1. The molecule has 2 atom stereocenters. The van der Waals surface area contributed by atoms with Gasteiger partial charge >= 0.3 is 0 Å². The van der Waals surface area contributed by atoms with Crippen LogP contribution in [0.5, 0.6) is 0 Å². The van der Waals surface area contributed by atoms with Gasteiger partial charge in [-0.05, 0) is 25.8 Å². The second-order valence-electron chi connectivity index (χ2n) is 5.74. The monoisotopic (exact) mass is 283 g/mol. The second kappa shape index (κ2) is 7.04. The van der Waals surface area contributed by atoms with Gasteiger partial charge in [-0.2, -0.15) is 0 Å². The molecule has 0 radical (unpaired) electrons. The number of amides is 2. The van der Waals surface area contributed by atoms with E-state index in [0.29, 0.717) is 19.1 Å². The van der Waals surface area contributed by atoms with E-state index in [4.69, 9.17) is 4.74 Å². The van der Waals surface area contributed by atoms with Crippen LogP contribution in [0.3, 0.4) is 0 Å². The number of nitrogens with zero attached hydrogens (tertiary/aromatic N) is 1. The molecular weight excluding hydrogens is 258 g/mol. The zero-order valence-corrected chi connectivity index (χ0v) is 12.4. The molecule has 0 spiro atoms.